The van der Waals surface area contributed by atoms with Crippen LogP contribution in [0.5, 0.6) is 11.5 Å². The number of hydrogen-bond donors (Lipinski definition) is 0. The lowest BCUT2D eigenvalue weighted by Crippen LogP contribution is -2.22. The largest absolute Gasteiger partial charge is 0.493 e. The number of nitrogens with zero attached hydrogens (tertiary/aromatic N) is 2. The minimum atomic E-state index is -0.0655. The summed E-state index contributed by atoms with van der Waals surface area (Å²) in [6.07, 6.45) is 1.87. The second-order valence-corrected chi connectivity index (χ2v) is 9.02. The predicted molar refractivity (Wildman–Crippen MR) is 137 cm³/mol. The summed E-state index contributed by atoms with van der Waals surface area (Å²) in [5, 5.41) is 2.39. The van der Waals surface area contributed by atoms with Gasteiger partial charge in [-0.2, -0.15) is 0 Å². The van der Waals surface area contributed by atoms with Crippen LogP contribution in [0.1, 0.15) is 11.1 Å². The third kappa shape index (κ3) is 3.58. The summed E-state index contributed by atoms with van der Waals surface area (Å²) >= 11 is 1.38. The lowest BCUT2D eigenvalue weighted by Gasteiger charge is -2.12. The van der Waals surface area contributed by atoms with Crippen LogP contribution in [-0.4, -0.2) is 16.5 Å². The fourth-order valence-electron chi connectivity index (χ4n) is 4.15. The van der Waals surface area contributed by atoms with Crippen molar-refractivity contribution in [1.29, 1.82) is 0 Å². The molecule has 6 heteroatoms. The average molecular weight is 465 g/mol. The van der Waals surface area contributed by atoms with Crippen LogP contribution in [0, 0.1) is 0 Å². The highest BCUT2D eigenvalue weighted by atomic mass is 32.1. The van der Waals surface area contributed by atoms with E-state index in [2.05, 4.69) is 35.3 Å². The normalized spacial score (nSPS) is 12.1. The van der Waals surface area contributed by atoms with Crippen molar-refractivity contribution in [1.82, 2.24) is 9.38 Å². The first kappa shape index (κ1) is 20.4. The molecule has 0 fully saturated rings. The van der Waals surface area contributed by atoms with Gasteiger partial charge in [-0.3, -0.25) is 4.79 Å². The maximum absolute atomic E-state index is 13.0. The van der Waals surface area contributed by atoms with Gasteiger partial charge in [0.25, 0.3) is 5.56 Å². The van der Waals surface area contributed by atoms with Crippen molar-refractivity contribution in [3.05, 3.63) is 111 Å². The second kappa shape index (κ2) is 8.32. The molecule has 2 heterocycles. The van der Waals surface area contributed by atoms with Crippen LogP contribution in [-0.2, 0) is 6.61 Å². The third-order valence-electron chi connectivity index (χ3n) is 5.84. The Morgan fingerprint density at radius 3 is 2.62 bits per heavy atom. The molecule has 0 saturated carbocycles. The van der Waals surface area contributed by atoms with Gasteiger partial charge in [0.15, 0.2) is 16.5 Å². The number of methoxy groups -OCH3 is 1. The lowest BCUT2D eigenvalue weighted by atomic mass is 10.1. The molecule has 0 bridgehead atoms. The molecular formula is C28H20N2O3S. The highest BCUT2D eigenvalue weighted by molar-refractivity contribution is 7.15. The van der Waals surface area contributed by atoms with Crippen LogP contribution in [0.2, 0.25) is 0 Å². The van der Waals surface area contributed by atoms with Gasteiger partial charge in [0, 0.05) is 0 Å². The topological polar surface area (TPSA) is 52.8 Å². The standard InChI is InChI=1S/C28H20N2O3S/c1-32-25-15-18(16-26-27(31)30-23-9-5-4-8-22(23)29-28(30)34-26)11-13-24(25)33-17-19-10-12-20-6-2-3-7-21(20)14-19/h2-16H,17H2,1H3. The Morgan fingerprint density at radius 2 is 1.74 bits per heavy atom. The number of para-hydroxylation sites is 2. The van der Waals surface area contributed by atoms with Crippen molar-refractivity contribution in [2.75, 3.05) is 7.11 Å². The van der Waals surface area contributed by atoms with Gasteiger partial charge in [0.05, 0.1) is 22.7 Å². The van der Waals surface area contributed by atoms with E-state index in [0.717, 1.165) is 22.2 Å². The third-order valence-corrected chi connectivity index (χ3v) is 6.81. The van der Waals surface area contributed by atoms with Crippen molar-refractivity contribution in [3.63, 3.8) is 0 Å². The highest BCUT2D eigenvalue weighted by Crippen LogP contribution is 2.29. The monoisotopic (exact) mass is 464 g/mol. The van der Waals surface area contributed by atoms with E-state index >= 15 is 0 Å². The van der Waals surface area contributed by atoms with Crippen molar-refractivity contribution < 1.29 is 9.47 Å². The van der Waals surface area contributed by atoms with E-state index < -0.39 is 0 Å². The molecule has 6 rings (SSSR count). The van der Waals surface area contributed by atoms with Gasteiger partial charge in [-0.1, -0.05) is 65.9 Å². The number of rotatable bonds is 5. The molecular weight excluding hydrogens is 444 g/mol. The predicted octanol–water partition coefficient (Wildman–Crippen LogP) is 5.20. The van der Waals surface area contributed by atoms with Crippen LogP contribution in [0.25, 0.3) is 32.8 Å². The van der Waals surface area contributed by atoms with Gasteiger partial charge in [0.1, 0.15) is 6.61 Å². The molecule has 0 saturated heterocycles. The van der Waals surface area contributed by atoms with Crippen molar-refractivity contribution in [2.45, 2.75) is 6.61 Å². The number of fused-ring (bicyclic) bond motifs is 4. The molecule has 5 nitrogen and oxygen atoms in total. The molecule has 0 aliphatic heterocycles. The molecule has 4 aromatic carbocycles. The highest BCUT2D eigenvalue weighted by Gasteiger charge is 2.11. The van der Waals surface area contributed by atoms with Crippen molar-refractivity contribution >= 4 is 44.2 Å². The summed E-state index contributed by atoms with van der Waals surface area (Å²) in [4.78, 5) is 18.3. The van der Waals surface area contributed by atoms with Crippen LogP contribution >= 0.6 is 11.3 Å². The number of benzene rings is 4. The average Bonchev–Trinajstić information content (AvgIpc) is 3.38. The molecule has 0 N–H and O–H groups in total. The Morgan fingerprint density at radius 1 is 0.912 bits per heavy atom. The zero-order valence-corrected chi connectivity index (χ0v) is 19.2. The van der Waals surface area contributed by atoms with E-state index in [-0.39, 0.29) is 5.56 Å². The molecule has 6 aromatic rings. The summed E-state index contributed by atoms with van der Waals surface area (Å²) in [5.74, 6) is 1.27. The first-order valence-electron chi connectivity index (χ1n) is 10.9. The Hall–Kier alpha value is -4.16. The smallest absolute Gasteiger partial charge is 0.274 e. The molecule has 2 aromatic heterocycles. The van der Waals surface area contributed by atoms with Crippen molar-refractivity contribution in [2.24, 2.45) is 0 Å². The summed E-state index contributed by atoms with van der Waals surface area (Å²) in [6, 6.07) is 27.9. The Labute approximate surface area is 199 Å². The zero-order valence-electron chi connectivity index (χ0n) is 18.4. The number of hydrogen-bond acceptors (Lipinski definition) is 5. The minimum Gasteiger partial charge on any atom is -0.493 e. The van der Waals surface area contributed by atoms with E-state index in [1.54, 1.807) is 11.5 Å². The fraction of sp³-hybridized carbons (Fsp3) is 0.0714. The van der Waals surface area contributed by atoms with Crippen LogP contribution in [0.15, 0.2) is 89.7 Å². The molecule has 0 unspecified atom stereocenters. The molecule has 0 spiro atoms. The zero-order chi connectivity index (χ0) is 23.1. The SMILES string of the molecule is COc1cc(C=c2sc3nc4ccccc4n3c2=O)ccc1OCc1ccc2ccccc2c1. The summed E-state index contributed by atoms with van der Waals surface area (Å²) < 4.78 is 13.9. The fourth-order valence-corrected chi connectivity index (χ4v) is 5.13. The van der Waals surface area contributed by atoms with Crippen LogP contribution < -0.4 is 19.6 Å². The molecule has 0 amide bonds. The van der Waals surface area contributed by atoms with Crippen LogP contribution in [0.3, 0.4) is 0 Å². The minimum absolute atomic E-state index is 0.0655. The molecule has 0 aliphatic carbocycles. The second-order valence-electron chi connectivity index (χ2n) is 8.01. The molecule has 0 atom stereocenters. The van der Waals surface area contributed by atoms with E-state index in [9.17, 15) is 4.79 Å². The van der Waals surface area contributed by atoms with Crippen molar-refractivity contribution in [3.8, 4) is 11.5 Å². The van der Waals surface area contributed by atoms with Gasteiger partial charge in [-0.15, -0.1) is 0 Å². The number of ether oxygens (including phenoxy) is 2. The van der Waals surface area contributed by atoms with E-state index in [1.807, 2.05) is 60.7 Å². The number of aromatic nitrogens is 2. The first-order valence-corrected chi connectivity index (χ1v) is 11.7. The quantitative estimate of drug-likeness (QED) is 0.352. The van der Waals surface area contributed by atoms with E-state index in [0.29, 0.717) is 27.6 Å². The number of imidazole rings is 1. The van der Waals surface area contributed by atoms with Gasteiger partial charge >= 0.3 is 0 Å². The molecule has 34 heavy (non-hydrogen) atoms. The first-order chi connectivity index (χ1) is 16.7. The number of thiazole rings is 1. The van der Waals surface area contributed by atoms with E-state index in [1.165, 1.54) is 22.1 Å². The lowest BCUT2D eigenvalue weighted by molar-refractivity contribution is 0.284. The summed E-state index contributed by atoms with van der Waals surface area (Å²) in [6.45, 7) is 0.435. The Bertz CT molecular complexity index is 1790. The van der Waals surface area contributed by atoms with Gasteiger partial charge in [-0.05, 0) is 58.3 Å². The van der Waals surface area contributed by atoms with Gasteiger partial charge < -0.3 is 9.47 Å². The Balaban J connectivity index is 1.30. The molecule has 166 valence electrons. The summed E-state index contributed by atoms with van der Waals surface area (Å²) in [5.41, 5.74) is 3.53. The van der Waals surface area contributed by atoms with Crippen LogP contribution in [0.4, 0.5) is 0 Å². The van der Waals surface area contributed by atoms with E-state index in [4.69, 9.17) is 9.47 Å². The molecule has 0 radical (unpaired) electrons. The van der Waals surface area contributed by atoms with Gasteiger partial charge in [-0.25, -0.2) is 9.38 Å². The Kier molecular flexibility index (Phi) is 5.00. The summed E-state index contributed by atoms with van der Waals surface area (Å²) in [7, 11) is 1.62. The maximum Gasteiger partial charge on any atom is 0.274 e. The van der Waals surface area contributed by atoms with Gasteiger partial charge in [0.2, 0.25) is 0 Å². The maximum atomic E-state index is 13.0. The molecule has 0 aliphatic rings.